The molecule has 3 nitrogen and oxygen atoms in total. The van der Waals surface area contributed by atoms with Gasteiger partial charge in [-0.3, -0.25) is 0 Å². The lowest BCUT2D eigenvalue weighted by atomic mass is 10.1. The topological polar surface area (TPSA) is 33.3 Å². The third kappa shape index (κ3) is 3.74. The van der Waals surface area contributed by atoms with Crippen molar-refractivity contribution in [1.29, 1.82) is 0 Å². The predicted octanol–water partition coefficient (Wildman–Crippen LogP) is 3.99. The Bertz CT molecular complexity index is 581. The van der Waals surface area contributed by atoms with E-state index in [1.54, 1.807) is 7.11 Å². The Hall–Kier alpha value is -1.52. The van der Waals surface area contributed by atoms with Crippen LogP contribution in [-0.4, -0.2) is 12.2 Å². The molecule has 0 spiro atoms. The van der Waals surface area contributed by atoms with Crippen molar-refractivity contribution in [2.24, 2.45) is 0 Å². The first-order chi connectivity index (χ1) is 9.60. The number of benzene rings is 1. The molecular weight excluding hydrogens is 292 g/mol. The van der Waals surface area contributed by atoms with Crippen LogP contribution < -0.4 is 15.4 Å². The molecule has 1 aliphatic rings. The summed E-state index contributed by atoms with van der Waals surface area (Å²) in [6, 6.07) is 3.69. The van der Waals surface area contributed by atoms with Crippen molar-refractivity contribution in [2.45, 2.75) is 13.3 Å². The Kier molecular flexibility index (Phi) is 5.04. The molecule has 0 aromatic heterocycles. The lowest BCUT2D eigenvalue weighted by Gasteiger charge is -2.16. The maximum atomic E-state index is 6.13. The van der Waals surface area contributed by atoms with Crippen molar-refractivity contribution in [1.82, 2.24) is 5.32 Å². The Morgan fingerprint density at radius 2 is 2.15 bits per heavy atom. The molecule has 0 atom stereocenters. The molecule has 20 heavy (non-hydrogen) atoms. The standard InChI is InChI=1S/C15H16ClN2OS/c1-10-8-14(19-2)13(9-12(10)16)18-15(20)17-11-6-4-3-5-7-11/h3-4,6-9H,5H2,1-2H3,(H2,17,18,20). The minimum Gasteiger partial charge on any atom is -0.495 e. The molecule has 5 heteroatoms. The van der Waals surface area contributed by atoms with Crippen LogP contribution in [0.1, 0.15) is 12.0 Å². The normalized spacial score (nSPS) is 13.7. The highest BCUT2D eigenvalue weighted by Crippen LogP contribution is 2.30. The quantitative estimate of drug-likeness (QED) is 0.827. The Morgan fingerprint density at radius 3 is 2.80 bits per heavy atom. The fraction of sp³-hybridized carbons (Fsp3) is 0.200. The molecule has 0 bridgehead atoms. The van der Waals surface area contributed by atoms with Gasteiger partial charge in [-0.05, 0) is 55.8 Å². The number of hydrogen-bond donors (Lipinski definition) is 2. The van der Waals surface area contributed by atoms with E-state index in [1.165, 1.54) is 0 Å². The first kappa shape index (κ1) is 14.9. The van der Waals surface area contributed by atoms with Gasteiger partial charge >= 0.3 is 0 Å². The number of ether oxygens (including phenoxy) is 1. The number of hydrogen-bond acceptors (Lipinski definition) is 2. The highest BCUT2D eigenvalue weighted by Gasteiger charge is 2.09. The fourth-order valence-corrected chi connectivity index (χ4v) is 2.20. The average Bonchev–Trinajstić information content (AvgIpc) is 2.43. The summed E-state index contributed by atoms with van der Waals surface area (Å²) in [5, 5.41) is 7.40. The number of thiocarbonyl (C=S) groups is 1. The maximum Gasteiger partial charge on any atom is 0.175 e. The monoisotopic (exact) mass is 307 g/mol. The number of methoxy groups -OCH3 is 1. The summed E-state index contributed by atoms with van der Waals surface area (Å²) in [4.78, 5) is 0. The van der Waals surface area contributed by atoms with Gasteiger partial charge in [-0.2, -0.15) is 0 Å². The van der Waals surface area contributed by atoms with Crippen molar-refractivity contribution in [3.63, 3.8) is 0 Å². The van der Waals surface area contributed by atoms with Crippen molar-refractivity contribution >= 4 is 34.6 Å². The third-order valence-corrected chi connectivity index (χ3v) is 3.48. The van der Waals surface area contributed by atoms with Crippen LogP contribution in [0, 0.1) is 13.3 Å². The van der Waals surface area contributed by atoms with E-state index in [2.05, 4.69) is 23.1 Å². The first-order valence-corrected chi connectivity index (χ1v) is 7.01. The molecule has 2 N–H and O–H groups in total. The molecule has 0 fully saturated rings. The second kappa shape index (κ2) is 6.77. The zero-order valence-corrected chi connectivity index (χ0v) is 12.9. The van der Waals surface area contributed by atoms with Crippen molar-refractivity contribution in [3.05, 3.63) is 53.1 Å². The maximum absolute atomic E-state index is 6.13. The van der Waals surface area contributed by atoms with Crippen LogP contribution in [0.25, 0.3) is 0 Å². The highest BCUT2D eigenvalue weighted by molar-refractivity contribution is 7.80. The van der Waals surface area contributed by atoms with E-state index in [-0.39, 0.29) is 0 Å². The smallest absolute Gasteiger partial charge is 0.175 e. The Balaban J connectivity index is 2.09. The van der Waals surface area contributed by atoms with Crippen molar-refractivity contribution < 1.29 is 4.74 Å². The number of nitrogens with one attached hydrogen (secondary N) is 2. The van der Waals surface area contributed by atoms with E-state index in [9.17, 15) is 0 Å². The number of allylic oxidation sites excluding steroid dienone is 3. The summed E-state index contributed by atoms with van der Waals surface area (Å²) >= 11 is 11.4. The van der Waals surface area contributed by atoms with Crippen molar-refractivity contribution in [3.8, 4) is 5.75 Å². The molecule has 0 amide bonds. The summed E-state index contributed by atoms with van der Waals surface area (Å²) in [6.07, 6.45) is 9.00. The third-order valence-electron chi connectivity index (χ3n) is 2.87. The lowest BCUT2D eigenvalue weighted by Crippen LogP contribution is -2.27. The van der Waals surface area contributed by atoms with E-state index in [1.807, 2.05) is 31.2 Å². The van der Waals surface area contributed by atoms with E-state index >= 15 is 0 Å². The van der Waals surface area contributed by atoms with Crippen LogP contribution in [0.4, 0.5) is 5.69 Å². The lowest BCUT2D eigenvalue weighted by molar-refractivity contribution is 0.416. The molecule has 0 unspecified atom stereocenters. The fourth-order valence-electron chi connectivity index (χ4n) is 1.81. The number of rotatable bonds is 3. The molecule has 1 radical (unpaired) electrons. The van der Waals surface area contributed by atoms with E-state index in [0.717, 1.165) is 23.4 Å². The van der Waals surface area contributed by atoms with Crippen LogP contribution in [0.2, 0.25) is 5.02 Å². The second-order valence-electron chi connectivity index (χ2n) is 4.37. The van der Waals surface area contributed by atoms with Gasteiger partial charge in [0.15, 0.2) is 5.11 Å². The molecule has 0 heterocycles. The van der Waals surface area contributed by atoms with Gasteiger partial charge in [0.05, 0.1) is 12.8 Å². The van der Waals surface area contributed by atoms with E-state index in [0.29, 0.717) is 15.9 Å². The van der Waals surface area contributed by atoms with Crippen LogP contribution in [-0.2, 0) is 0 Å². The molecule has 1 aromatic rings. The predicted molar refractivity (Wildman–Crippen MR) is 88.2 cm³/mol. The summed E-state index contributed by atoms with van der Waals surface area (Å²) in [5.41, 5.74) is 2.68. The number of anilines is 1. The second-order valence-corrected chi connectivity index (χ2v) is 5.19. The van der Waals surface area contributed by atoms with Gasteiger partial charge in [-0.15, -0.1) is 0 Å². The number of halogens is 1. The minimum atomic E-state index is 0.501. The first-order valence-electron chi connectivity index (χ1n) is 6.22. The zero-order chi connectivity index (χ0) is 14.5. The van der Waals surface area contributed by atoms with Crippen molar-refractivity contribution in [2.75, 3.05) is 12.4 Å². The summed E-state index contributed by atoms with van der Waals surface area (Å²) in [6.45, 7) is 1.93. The molecule has 0 saturated heterocycles. The largest absolute Gasteiger partial charge is 0.495 e. The minimum absolute atomic E-state index is 0.501. The van der Waals surface area contributed by atoms with Gasteiger partial charge in [-0.1, -0.05) is 23.8 Å². The van der Waals surface area contributed by atoms with Crippen LogP contribution in [0.15, 0.2) is 36.1 Å². The highest BCUT2D eigenvalue weighted by atomic mass is 35.5. The number of aryl methyl sites for hydroxylation is 1. The summed E-state index contributed by atoms with van der Waals surface area (Å²) in [7, 11) is 1.62. The molecular formula is C15H16ClN2OS. The zero-order valence-electron chi connectivity index (χ0n) is 11.4. The molecule has 2 rings (SSSR count). The summed E-state index contributed by atoms with van der Waals surface area (Å²) in [5.74, 6) is 0.706. The van der Waals surface area contributed by atoms with E-state index < -0.39 is 0 Å². The Morgan fingerprint density at radius 1 is 1.35 bits per heavy atom. The SMILES string of the molecule is COc1cc(C)c(Cl)cc1NC(=S)NC1=CC[CH]C=C1. The summed E-state index contributed by atoms with van der Waals surface area (Å²) < 4.78 is 5.33. The van der Waals surface area contributed by atoms with Crippen LogP contribution in [0.3, 0.4) is 0 Å². The van der Waals surface area contributed by atoms with Gasteiger partial charge in [-0.25, -0.2) is 0 Å². The molecule has 0 saturated carbocycles. The molecule has 105 valence electrons. The van der Waals surface area contributed by atoms with Crippen LogP contribution in [0.5, 0.6) is 5.75 Å². The van der Waals surface area contributed by atoms with Gasteiger partial charge < -0.3 is 15.4 Å². The Labute approximate surface area is 129 Å². The molecule has 1 aromatic carbocycles. The molecule has 0 aliphatic heterocycles. The molecule has 1 aliphatic carbocycles. The van der Waals surface area contributed by atoms with Gasteiger partial charge in [0.1, 0.15) is 5.75 Å². The van der Waals surface area contributed by atoms with Gasteiger partial charge in [0.2, 0.25) is 0 Å². The van der Waals surface area contributed by atoms with Gasteiger partial charge in [0.25, 0.3) is 0 Å². The van der Waals surface area contributed by atoms with Crippen LogP contribution >= 0.6 is 23.8 Å². The van der Waals surface area contributed by atoms with Gasteiger partial charge in [0, 0.05) is 10.7 Å². The van der Waals surface area contributed by atoms with E-state index in [4.69, 9.17) is 28.6 Å². The average molecular weight is 308 g/mol.